The van der Waals surface area contributed by atoms with Crippen LogP contribution in [-0.4, -0.2) is 20.2 Å². The van der Waals surface area contributed by atoms with Crippen LogP contribution in [0.4, 0.5) is 0 Å². The zero-order valence-electron chi connectivity index (χ0n) is 17.9. The first-order valence-electron chi connectivity index (χ1n) is 11.1. The Hall–Kier alpha value is -1.94. The van der Waals surface area contributed by atoms with E-state index < -0.39 is 0 Å². The summed E-state index contributed by atoms with van der Waals surface area (Å²) in [5.41, 5.74) is 3.63. The van der Waals surface area contributed by atoms with E-state index in [2.05, 4.69) is 24.3 Å². The van der Waals surface area contributed by atoms with Crippen LogP contribution < -0.4 is 4.74 Å². The number of hydrogen-bond acceptors (Lipinski definition) is 4. The van der Waals surface area contributed by atoms with Crippen molar-refractivity contribution in [3.05, 3.63) is 59.2 Å². The molecule has 0 aromatic heterocycles. The molecular formula is C26H30O3S. The Balaban J connectivity index is 1.47. The largest absolute Gasteiger partial charge is 0.497 e. The average Bonchev–Trinajstić information content (AvgIpc) is 2.76. The number of methoxy groups -OCH3 is 2. The van der Waals surface area contributed by atoms with Crippen molar-refractivity contribution in [1.29, 1.82) is 0 Å². The summed E-state index contributed by atoms with van der Waals surface area (Å²) in [7, 11) is 3.17. The molecule has 0 saturated heterocycles. The van der Waals surface area contributed by atoms with Gasteiger partial charge in [0.05, 0.1) is 19.8 Å². The van der Waals surface area contributed by atoms with E-state index in [9.17, 15) is 4.79 Å². The lowest BCUT2D eigenvalue weighted by Crippen LogP contribution is -2.48. The van der Waals surface area contributed by atoms with Crippen molar-refractivity contribution in [3.8, 4) is 5.75 Å². The zero-order valence-corrected chi connectivity index (χ0v) is 18.7. The molecule has 0 radical (unpaired) electrons. The first-order valence-corrected chi connectivity index (χ1v) is 12.1. The third kappa shape index (κ3) is 3.64. The monoisotopic (exact) mass is 422 g/mol. The number of thioether (sulfide) groups is 1. The van der Waals surface area contributed by atoms with Gasteiger partial charge in [-0.15, -0.1) is 11.8 Å². The second-order valence-electron chi connectivity index (χ2n) is 9.54. The lowest BCUT2D eigenvalue weighted by atomic mass is 9.48. The van der Waals surface area contributed by atoms with Crippen LogP contribution in [0.1, 0.15) is 60.0 Å². The maximum absolute atomic E-state index is 12.3. The van der Waals surface area contributed by atoms with Crippen molar-refractivity contribution < 1.29 is 14.3 Å². The van der Waals surface area contributed by atoms with Gasteiger partial charge in [0.15, 0.2) is 0 Å². The number of esters is 1. The molecule has 0 spiro atoms. The average molecular weight is 423 g/mol. The predicted molar refractivity (Wildman–Crippen MR) is 120 cm³/mol. The first kappa shape index (κ1) is 20.0. The highest BCUT2D eigenvalue weighted by atomic mass is 32.2. The van der Waals surface area contributed by atoms with Crippen LogP contribution in [0.15, 0.2) is 47.4 Å². The standard InChI is InChI=1S/C26H30O3S/c1-28-22-6-3-17(4-7-22)16-30-24-8-5-21(25(27)29-2)12-23(24)26-13-18-9-19(14-26)11-20(10-18)15-26/h3-8,12,18-20H,9-11,13-16H2,1-2H3. The Labute approximate surface area is 183 Å². The molecule has 4 fully saturated rings. The Morgan fingerprint density at radius 2 is 1.60 bits per heavy atom. The van der Waals surface area contributed by atoms with E-state index >= 15 is 0 Å². The van der Waals surface area contributed by atoms with E-state index in [1.54, 1.807) is 7.11 Å². The van der Waals surface area contributed by atoms with Crippen LogP contribution in [0.2, 0.25) is 0 Å². The molecule has 158 valence electrons. The number of ether oxygens (including phenoxy) is 2. The molecule has 4 aliphatic carbocycles. The number of hydrogen-bond donors (Lipinski definition) is 0. The summed E-state index contributed by atoms with van der Waals surface area (Å²) in [6.45, 7) is 0. The molecule has 0 atom stereocenters. The number of carbonyl (C=O) groups is 1. The van der Waals surface area contributed by atoms with Gasteiger partial charge in [-0.2, -0.15) is 0 Å². The molecule has 2 aromatic carbocycles. The van der Waals surface area contributed by atoms with Gasteiger partial charge in [0.2, 0.25) is 0 Å². The maximum Gasteiger partial charge on any atom is 0.337 e. The SMILES string of the molecule is COC(=O)c1ccc(SCc2ccc(OC)cc2)c(C23CC4CC(CC(C4)C2)C3)c1. The Bertz CT molecular complexity index is 899. The topological polar surface area (TPSA) is 35.5 Å². The van der Waals surface area contributed by atoms with E-state index in [1.807, 2.05) is 30.0 Å². The van der Waals surface area contributed by atoms with Gasteiger partial charge in [0.1, 0.15) is 5.75 Å². The van der Waals surface area contributed by atoms with Crippen molar-refractivity contribution >= 4 is 17.7 Å². The van der Waals surface area contributed by atoms with E-state index in [-0.39, 0.29) is 11.4 Å². The minimum Gasteiger partial charge on any atom is -0.497 e. The number of rotatable bonds is 6. The lowest BCUT2D eigenvalue weighted by molar-refractivity contribution is -0.00643. The molecule has 0 heterocycles. The Kier molecular flexibility index (Phi) is 5.30. The van der Waals surface area contributed by atoms with Crippen LogP contribution in [0.5, 0.6) is 5.75 Å². The summed E-state index contributed by atoms with van der Waals surface area (Å²) >= 11 is 1.90. The van der Waals surface area contributed by atoms with E-state index in [4.69, 9.17) is 9.47 Å². The van der Waals surface area contributed by atoms with Crippen molar-refractivity contribution in [2.45, 2.75) is 54.6 Å². The normalized spacial score (nSPS) is 29.1. The van der Waals surface area contributed by atoms with Gasteiger partial charge in [0, 0.05) is 10.6 Å². The smallest absolute Gasteiger partial charge is 0.337 e. The van der Waals surface area contributed by atoms with E-state index in [1.165, 1.54) is 61.7 Å². The zero-order chi connectivity index (χ0) is 20.7. The van der Waals surface area contributed by atoms with E-state index in [0.29, 0.717) is 5.56 Å². The van der Waals surface area contributed by atoms with Gasteiger partial charge < -0.3 is 9.47 Å². The molecule has 4 heteroatoms. The fraction of sp³-hybridized carbons (Fsp3) is 0.500. The van der Waals surface area contributed by atoms with Crippen LogP contribution in [0.3, 0.4) is 0 Å². The molecule has 4 bridgehead atoms. The number of benzene rings is 2. The molecule has 0 amide bonds. The van der Waals surface area contributed by atoms with Crippen LogP contribution in [-0.2, 0) is 15.9 Å². The molecule has 3 nitrogen and oxygen atoms in total. The predicted octanol–water partition coefficient (Wildman–Crippen LogP) is 6.24. The minimum atomic E-state index is -0.229. The highest BCUT2D eigenvalue weighted by molar-refractivity contribution is 7.98. The van der Waals surface area contributed by atoms with Crippen molar-refractivity contribution in [2.24, 2.45) is 17.8 Å². The van der Waals surface area contributed by atoms with Crippen LogP contribution in [0.25, 0.3) is 0 Å². The van der Waals surface area contributed by atoms with Gasteiger partial charge in [-0.1, -0.05) is 12.1 Å². The quantitative estimate of drug-likeness (QED) is 0.408. The summed E-state index contributed by atoms with van der Waals surface area (Å²) in [5, 5.41) is 0. The fourth-order valence-electron chi connectivity index (χ4n) is 6.64. The third-order valence-corrected chi connectivity index (χ3v) is 8.71. The minimum absolute atomic E-state index is 0.229. The Morgan fingerprint density at radius 1 is 0.967 bits per heavy atom. The van der Waals surface area contributed by atoms with Crippen LogP contribution >= 0.6 is 11.8 Å². The second kappa shape index (κ2) is 7.96. The molecular weight excluding hydrogens is 392 g/mol. The van der Waals surface area contributed by atoms with Gasteiger partial charge >= 0.3 is 5.97 Å². The summed E-state index contributed by atoms with van der Waals surface area (Å²) in [5.74, 6) is 4.20. The summed E-state index contributed by atoms with van der Waals surface area (Å²) in [6, 6.07) is 14.6. The molecule has 6 rings (SSSR count). The van der Waals surface area contributed by atoms with Gasteiger partial charge in [0.25, 0.3) is 0 Å². The third-order valence-electron chi connectivity index (χ3n) is 7.56. The fourth-order valence-corrected chi connectivity index (χ4v) is 7.75. The lowest BCUT2D eigenvalue weighted by Gasteiger charge is -2.57. The maximum atomic E-state index is 12.3. The summed E-state index contributed by atoms with van der Waals surface area (Å²) < 4.78 is 10.3. The molecule has 0 N–H and O–H groups in total. The van der Waals surface area contributed by atoms with E-state index in [0.717, 1.165) is 29.3 Å². The van der Waals surface area contributed by atoms with Gasteiger partial charge in [-0.05, 0) is 103 Å². The van der Waals surface area contributed by atoms with Crippen molar-refractivity contribution in [3.63, 3.8) is 0 Å². The highest BCUT2D eigenvalue weighted by Gasteiger charge is 2.52. The molecule has 0 aliphatic heterocycles. The summed E-state index contributed by atoms with van der Waals surface area (Å²) in [4.78, 5) is 13.6. The number of carbonyl (C=O) groups excluding carboxylic acids is 1. The van der Waals surface area contributed by atoms with Crippen molar-refractivity contribution in [2.75, 3.05) is 14.2 Å². The van der Waals surface area contributed by atoms with Gasteiger partial charge in [-0.25, -0.2) is 4.79 Å². The molecule has 2 aromatic rings. The molecule has 0 unspecified atom stereocenters. The Morgan fingerprint density at radius 3 is 2.17 bits per heavy atom. The second-order valence-corrected chi connectivity index (χ2v) is 10.6. The first-order chi connectivity index (χ1) is 14.6. The molecule has 4 saturated carbocycles. The van der Waals surface area contributed by atoms with Crippen molar-refractivity contribution in [1.82, 2.24) is 0 Å². The van der Waals surface area contributed by atoms with Crippen LogP contribution in [0, 0.1) is 17.8 Å². The molecule has 30 heavy (non-hydrogen) atoms. The highest BCUT2D eigenvalue weighted by Crippen LogP contribution is 2.61. The molecule has 4 aliphatic rings. The summed E-state index contributed by atoms with van der Waals surface area (Å²) in [6.07, 6.45) is 8.14. The van der Waals surface area contributed by atoms with Gasteiger partial charge in [-0.3, -0.25) is 0 Å².